The minimum atomic E-state index is -1.17. The molecule has 7 heteroatoms. The number of nitrogens with one attached hydrogen (secondary N) is 1. The predicted octanol–water partition coefficient (Wildman–Crippen LogP) is 1.78. The van der Waals surface area contributed by atoms with Crippen molar-refractivity contribution < 1.29 is 19.8 Å². The van der Waals surface area contributed by atoms with E-state index < -0.39 is 17.9 Å². The van der Waals surface area contributed by atoms with Gasteiger partial charge in [0.2, 0.25) is 0 Å². The van der Waals surface area contributed by atoms with Gasteiger partial charge in [0.1, 0.15) is 6.04 Å². The number of hydrogen-bond donors (Lipinski definition) is 3. The van der Waals surface area contributed by atoms with Crippen molar-refractivity contribution in [2.75, 3.05) is 6.61 Å². The average Bonchev–Trinajstić information content (AvgIpc) is 2.26. The van der Waals surface area contributed by atoms with Crippen LogP contribution in [0.4, 0.5) is 0 Å². The molecule has 0 spiro atoms. The van der Waals surface area contributed by atoms with Crippen LogP contribution in [0.2, 0.25) is 0 Å². The van der Waals surface area contributed by atoms with Crippen LogP contribution < -0.4 is 5.32 Å². The molecule has 0 aromatic heterocycles. The summed E-state index contributed by atoms with van der Waals surface area (Å²) in [6.07, 6.45) is -0.0315. The van der Waals surface area contributed by atoms with Crippen LogP contribution in [0.15, 0.2) is 27.1 Å². The fourth-order valence-electron chi connectivity index (χ4n) is 1.31. The predicted molar refractivity (Wildman–Crippen MR) is 72.4 cm³/mol. The highest BCUT2D eigenvalue weighted by Crippen LogP contribution is 2.20. The van der Waals surface area contributed by atoms with Gasteiger partial charge in [-0.1, -0.05) is 31.9 Å². The third-order valence-electron chi connectivity index (χ3n) is 2.15. The number of amides is 1. The lowest BCUT2D eigenvalue weighted by Gasteiger charge is -2.13. The maximum Gasteiger partial charge on any atom is 0.326 e. The molecule has 1 unspecified atom stereocenters. The molecule has 0 radical (unpaired) electrons. The lowest BCUT2D eigenvalue weighted by Crippen LogP contribution is -2.41. The third-order valence-corrected chi connectivity index (χ3v) is 3.06. The van der Waals surface area contributed by atoms with Crippen LogP contribution in [0, 0.1) is 0 Å². The van der Waals surface area contributed by atoms with E-state index in [9.17, 15) is 9.59 Å². The Hall–Kier alpha value is -0.920. The zero-order valence-corrected chi connectivity index (χ0v) is 12.4. The fourth-order valence-corrected chi connectivity index (χ4v) is 2.61. The number of aliphatic hydroxyl groups is 1. The summed E-state index contributed by atoms with van der Waals surface area (Å²) in [5.41, 5.74) is 0.334. The Kier molecular flexibility index (Phi) is 5.77. The highest BCUT2D eigenvalue weighted by atomic mass is 79.9. The van der Waals surface area contributed by atoms with Crippen molar-refractivity contribution in [1.29, 1.82) is 0 Å². The molecular weight excluding hydrogens is 370 g/mol. The summed E-state index contributed by atoms with van der Waals surface area (Å²) in [6.45, 7) is -0.306. The van der Waals surface area contributed by atoms with Gasteiger partial charge in [0.25, 0.3) is 5.91 Å². The van der Waals surface area contributed by atoms with E-state index in [1.807, 2.05) is 0 Å². The van der Waals surface area contributed by atoms with Gasteiger partial charge in [-0.05, 0) is 18.2 Å². The van der Waals surface area contributed by atoms with Crippen LogP contribution in [0.3, 0.4) is 0 Å². The fraction of sp³-hybridized carbons (Fsp3) is 0.273. The molecule has 0 saturated heterocycles. The van der Waals surface area contributed by atoms with Gasteiger partial charge >= 0.3 is 5.97 Å². The highest BCUT2D eigenvalue weighted by Gasteiger charge is 2.20. The molecular formula is C11H11Br2NO4. The second-order valence-electron chi connectivity index (χ2n) is 3.53. The zero-order valence-electron chi connectivity index (χ0n) is 9.19. The number of aliphatic carboxylic acids is 1. The smallest absolute Gasteiger partial charge is 0.326 e. The number of carboxylic acid groups (broad SMARTS) is 1. The molecule has 1 atom stereocenters. The Bertz CT molecular complexity index is 444. The Labute approximate surface area is 120 Å². The summed E-state index contributed by atoms with van der Waals surface area (Å²) >= 11 is 6.48. The van der Waals surface area contributed by atoms with Crippen LogP contribution in [0.5, 0.6) is 0 Å². The number of halogens is 2. The van der Waals surface area contributed by atoms with E-state index in [1.165, 1.54) is 0 Å². The summed E-state index contributed by atoms with van der Waals surface area (Å²) in [5.74, 6) is -1.68. The Balaban J connectivity index is 2.83. The lowest BCUT2D eigenvalue weighted by atomic mass is 10.1. The first-order valence-electron chi connectivity index (χ1n) is 5.04. The highest BCUT2D eigenvalue weighted by molar-refractivity contribution is 9.11. The standard InChI is InChI=1S/C11H11Br2NO4/c12-7-3-6(4-8(13)5-7)10(16)14-9(1-2-15)11(17)18/h3-5,9,15H,1-2H2,(H,14,16)(H,17,18). The van der Waals surface area contributed by atoms with Gasteiger partial charge in [-0.25, -0.2) is 4.79 Å². The monoisotopic (exact) mass is 379 g/mol. The van der Waals surface area contributed by atoms with Crippen molar-refractivity contribution >= 4 is 43.7 Å². The van der Waals surface area contributed by atoms with Gasteiger partial charge in [-0.3, -0.25) is 4.79 Å². The summed E-state index contributed by atoms with van der Waals surface area (Å²) in [6, 6.07) is 3.83. The molecule has 1 aromatic carbocycles. The van der Waals surface area contributed by atoms with Gasteiger partial charge in [0, 0.05) is 27.5 Å². The number of rotatable bonds is 5. The second kappa shape index (κ2) is 6.86. The maximum atomic E-state index is 11.8. The van der Waals surface area contributed by atoms with Crippen LogP contribution in [0.1, 0.15) is 16.8 Å². The van der Waals surface area contributed by atoms with Crippen LogP contribution in [-0.4, -0.2) is 34.7 Å². The van der Waals surface area contributed by atoms with Gasteiger partial charge in [0.15, 0.2) is 0 Å². The lowest BCUT2D eigenvalue weighted by molar-refractivity contribution is -0.139. The quantitative estimate of drug-likeness (QED) is 0.726. The summed E-state index contributed by atoms with van der Waals surface area (Å²) in [5, 5.41) is 19.9. The van der Waals surface area contributed by atoms with Crippen molar-refractivity contribution in [1.82, 2.24) is 5.32 Å². The third kappa shape index (κ3) is 4.40. The van der Waals surface area contributed by atoms with E-state index in [0.717, 1.165) is 0 Å². The average molecular weight is 381 g/mol. The molecule has 0 bridgehead atoms. The summed E-state index contributed by atoms with van der Waals surface area (Å²) < 4.78 is 1.41. The van der Waals surface area contributed by atoms with Crippen molar-refractivity contribution in [3.63, 3.8) is 0 Å². The Morgan fingerprint density at radius 1 is 1.22 bits per heavy atom. The van der Waals surface area contributed by atoms with Crippen molar-refractivity contribution in [2.45, 2.75) is 12.5 Å². The van der Waals surface area contributed by atoms with E-state index in [0.29, 0.717) is 14.5 Å². The molecule has 1 amide bonds. The molecule has 0 saturated carbocycles. The molecule has 3 N–H and O–H groups in total. The van der Waals surface area contributed by atoms with E-state index in [-0.39, 0.29) is 13.0 Å². The SMILES string of the molecule is O=C(NC(CCO)C(=O)O)c1cc(Br)cc(Br)c1. The Morgan fingerprint density at radius 2 is 1.78 bits per heavy atom. The topological polar surface area (TPSA) is 86.6 Å². The van der Waals surface area contributed by atoms with Gasteiger partial charge < -0.3 is 15.5 Å². The van der Waals surface area contributed by atoms with Crippen molar-refractivity contribution in [3.8, 4) is 0 Å². The van der Waals surface area contributed by atoms with E-state index in [1.54, 1.807) is 18.2 Å². The van der Waals surface area contributed by atoms with Crippen molar-refractivity contribution in [2.24, 2.45) is 0 Å². The van der Waals surface area contributed by atoms with Gasteiger partial charge in [-0.15, -0.1) is 0 Å². The molecule has 1 rings (SSSR count). The van der Waals surface area contributed by atoms with Crippen LogP contribution in [0.25, 0.3) is 0 Å². The van der Waals surface area contributed by atoms with Gasteiger partial charge in [-0.2, -0.15) is 0 Å². The second-order valence-corrected chi connectivity index (χ2v) is 5.37. The first kappa shape index (κ1) is 15.1. The minimum absolute atomic E-state index is 0.0315. The number of aliphatic hydroxyl groups excluding tert-OH is 1. The maximum absolute atomic E-state index is 11.8. The van der Waals surface area contributed by atoms with Crippen molar-refractivity contribution in [3.05, 3.63) is 32.7 Å². The number of hydrogen-bond acceptors (Lipinski definition) is 3. The molecule has 1 aromatic rings. The first-order chi connectivity index (χ1) is 8.43. The number of carbonyl (C=O) groups excluding carboxylic acids is 1. The molecule has 0 aliphatic heterocycles. The first-order valence-corrected chi connectivity index (χ1v) is 6.63. The minimum Gasteiger partial charge on any atom is -0.480 e. The molecule has 0 heterocycles. The number of carbonyl (C=O) groups is 2. The zero-order chi connectivity index (χ0) is 13.7. The molecule has 0 aliphatic rings. The number of carboxylic acids is 1. The molecule has 5 nitrogen and oxygen atoms in total. The normalized spacial score (nSPS) is 11.9. The Morgan fingerprint density at radius 3 is 2.22 bits per heavy atom. The largest absolute Gasteiger partial charge is 0.480 e. The van der Waals surface area contributed by atoms with E-state index in [4.69, 9.17) is 10.2 Å². The van der Waals surface area contributed by atoms with Gasteiger partial charge in [0.05, 0.1) is 0 Å². The molecule has 98 valence electrons. The van der Waals surface area contributed by atoms with E-state index in [2.05, 4.69) is 37.2 Å². The van der Waals surface area contributed by atoms with Crippen LogP contribution in [-0.2, 0) is 4.79 Å². The molecule has 0 fully saturated rings. The summed E-state index contributed by atoms with van der Waals surface area (Å²) in [4.78, 5) is 22.7. The summed E-state index contributed by atoms with van der Waals surface area (Å²) in [7, 11) is 0. The molecule has 0 aliphatic carbocycles. The van der Waals surface area contributed by atoms with Crippen LogP contribution >= 0.6 is 31.9 Å². The van der Waals surface area contributed by atoms with E-state index >= 15 is 0 Å². The number of benzene rings is 1. The molecule has 18 heavy (non-hydrogen) atoms.